The highest BCUT2D eigenvalue weighted by molar-refractivity contribution is 5.90. The van der Waals surface area contributed by atoms with Gasteiger partial charge in [-0.05, 0) is 18.2 Å². The molecule has 0 aromatic carbocycles. The Morgan fingerprint density at radius 3 is 2.65 bits per heavy atom. The Morgan fingerprint density at radius 2 is 2.04 bits per heavy atom. The van der Waals surface area contributed by atoms with E-state index in [2.05, 4.69) is 10.3 Å². The second-order valence-corrected chi connectivity index (χ2v) is 5.13. The number of methoxy groups -OCH3 is 1. The second-order valence-electron chi connectivity index (χ2n) is 5.13. The monoisotopic (exact) mass is 371 g/mol. The molecule has 140 valence electrons. The van der Waals surface area contributed by atoms with Gasteiger partial charge in [-0.25, -0.2) is 4.98 Å². The lowest BCUT2D eigenvalue weighted by Gasteiger charge is -2.11. The van der Waals surface area contributed by atoms with Crippen molar-refractivity contribution in [3.05, 3.63) is 52.6 Å². The van der Waals surface area contributed by atoms with Crippen molar-refractivity contribution < 1.29 is 27.4 Å². The number of carbonyl (C=O) groups is 1. The number of halogens is 3. The van der Waals surface area contributed by atoms with Gasteiger partial charge >= 0.3 is 6.18 Å². The fourth-order valence-corrected chi connectivity index (χ4v) is 2.00. The summed E-state index contributed by atoms with van der Waals surface area (Å²) >= 11 is 0. The minimum Gasteiger partial charge on any atom is -0.475 e. The Hall–Kier alpha value is -2.88. The van der Waals surface area contributed by atoms with Gasteiger partial charge in [0.25, 0.3) is 5.56 Å². The largest absolute Gasteiger partial charge is 0.475 e. The van der Waals surface area contributed by atoms with Gasteiger partial charge in [-0.1, -0.05) is 0 Å². The van der Waals surface area contributed by atoms with Crippen LogP contribution in [0.25, 0.3) is 0 Å². The summed E-state index contributed by atoms with van der Waals surface area (Å²) in [5.74, 6) is -0.338. The van der Waals surface area contributed by atoms with Crippen LogP contribution in [0.3, 0.4) is 0 Å². The van der Waals surface area contributed by atoms with E-state index in [1.807, 2.05) is 0 Å². The van der Waals surface area contributed by atoms with Gasteiger partial charge in [0.2, 0.25) is 11.8 Å². The van der Waals surface area contributed by atoms with Crippen LogP contribution >= 0.6 is 0 Å². The molecule has 1 N–H and O–H groups in total. The molecule has 0 fully saturated rings. The number of aromatic nitrogens is 2. The maximum absolute atomic E-state index is 12.7. The van der Waals surface area contributed by atoms with Gasteiger partial charge in [-0.2, -0.15) is 13.2 Å². The van der Waals surface area contributed by atoms with Crippen LogP contribution < -0.4 is 15.6 Å². The lowest BCUT2D eigenvalue weighted by molar-refractivity contribution is -0.139. The Balaban J connectivity index is 2.00. The van der Waals surface area contributed by atoms with Crippen LogP contribution in [0.1, 0.15) is 5.56 Å². The van der Waals surface area contributed by atoms with Crippen molar-refractivity contribution in [2.75, 3.05) is 25.6 Å². The molecule has 0 unspecified atom stereocenters. The van der Waals surface area contributed by atoms with Crippen LogP contribution in [-0.4, -0.2) is 35.8 Å². The van der Waals surface area contributed by atoms with Gasteiger partial charge in [0.1, 0.15) is 18.7 Å². The molecular weight excluding hydrogens is 355 g/mol. The minimum atomic E-state index is -4.78. The normalized spacial score (nSPS) is 11.2. The first kappa shape index (κ1) is 19.4. The fraction of sp³-hybridized carbons (Fsp3) is 0.312. The van der Waals surface area contributed by atoms with Gasteiger partial charge in [-0.3, -0.25) is 9.59 Å². The molecule has 2 aromatic rings. The van der Waals surface area contributed by atoms with E-state index in [0.717, 1.165) is 12.3 Å². The van der Waals surface area contributed by atoms with Crippen molar-refractivity contribution in [3.63, 3.8) is 0 Å². The van der Waals surface area contributed by atoms with E-state index in [9.17, 15) is 22.8 Å². The predicted molar refractivity (Wildman–Crippen MR) is 85.9 cm³/mol. The number of hydrogen-bond donors (Lipinski definition) is 1. The third-order valence-electron chi connectivity index (χ3n) is 3.20. The summed E-state index contributed by atoms with van der Waals surface area (Å²) in [5, 5.41) is 2.45. The van der Waals surface area contributed by atoms with E-state index in [1.165, 1.54) is 25.4 Å². The number of pyridine rings is 2. The van der Waals surface area contributed by atoms with Crippen molar-refractivity contribution in [1.29, 1.82) is 0 Å². The average molecular weight is 371 g/mol. The number of rotatable bonds is 7. The maximum atomic E-state index is 12.7. The van der Waals surface area contributed by atoms with Crippen molar-refractivity contribution in [3.8, 4) is 5.88 Å². The van der Waals surface area contributed by atoms with Gasteiger partial charge in [-0.15, -0.1) is 0 Å². The zero-order valence-corrected chi connectivity index (χ0v) is 13.7. The summed E-state index contributed by atoms with van der Waals surface area (Å²) in [6.45, 7) is 0.147. The van der Waals surface area contributed by atoms with E-state index in [-0.39, 0.29) is 0 Å². The first-order valence-corrected chi connectivity index (χ1v) is 7.45. The molecule has 26 heavy (non-hydrogen) atoms. The standard InChI is InChI=1S/C16H16F3N3O4/c1-25-7-8-26-14-5-4-11(9-20-14)21-13(23)10-22-6-2-3-12(15(22)24)16(17,18)19/h2-6,9H,7-8,10H2,1H3,(H,21,23). The number of anilines is 1. The summed E-state index contributed by atoms with van der Waals surface area (Å²) in [6.07, 6.45) is -2.34. The number of ether oxygens (including phenoxy) is 2. The van der Waals surface area contributed by atoms with Crippen LogP contribution in [0.15, 0.2) is 41.5 Å². The Kier molecular flexibility index (Phi) is 6.34. The second kappa shape index (κ2) is 8.48. The summed E-state index contributed by atoms with van der Waals surface area (Å²) < 4.78 is 48.9. The van der Waals surface area contributed by atoms with Crippen molar-refractivity contribution >= 4 is 11.6 Å². The molecule has 10 heteroatoms. The Bertz CT molecular complexity index is 804. The highest BCUT2D eigenvalue weighted by Crippen LogP contribution is 2.25. The zero-order chi connectivity index (χ0) is 19.2. The van der Waals surface area contributed by atoms with Crippen LogP contribution in [-0.2, 0) is 22.3 Å². The summed E-state index contributed by atoms with van der Waals surface area (Å²) in [5.41, 5.74) is -2.30. The molecule has 0 bridgehead atoms. The Morgan fingerprint density at radius 1 is 1.27 bits per heavy atom. The van der Waals surface area contributed by atoms with Crippen molar-refractivity contribution in [2.45, 2.75) is 12.7 Å². The van der Waals surface area contributed by atoms with Crippen LogP contribution in [0.4, 0.5) is 18.9 Å². The van der Waals surface area contributed by atoms with E-state index in [4.69, 9.17) is 9.47 Å². The lowest BCUT2D eigenvalue weighted by Crippen LogP contribution is -2.31. The summed E-state index contributed by atoms with van der Waals surface area (Å²) in [4.78, 5) is 27.7. The number of nitrogens with one attached hydrogen (secondary N) is 1. The number of carbonyl (C=O) groups excluding carboxylic acids is 1. The van der Waals surface area contributed by atoms with Gasteiger partial charge in [0, 0.05) is 19.4 Å². The minimum absolute atomic E-state index is 0.313. The van der Waals surface area contributed by atoms with Gasteiger partial charge in [0.15, 0.2) is 0 Å². The molecule has 2 heterocycles. The molecule has 0 saturated heterocycles. The first-order chi connectivity index (χ1) is 12.3. The molecule has 0 atom stereocenters. The third kappa shape index (κ3) is 5.31. The number of hydrogen-bond acceptors (Lipinski definition) is 5. The summed E-state index contributed by atoms with van der Waals surface area (Å²) in [7, 11) is 1.53. The molecular formula is C16H16F3N3O4. The molecule has 1 amide bonds. The molecule has 0 saturated carbocycles. The fourth-order valence-electron chi connectivity index (χ4n) is 2.00. The topological polar surface area (TPSA) is 82.5 Å². The maximum Gasteiger partial charge on any atom is 0.421 e. The Labute approximate surface area is 146 Å². The highest BCUT2D eigenvalue weighted by atomic mass is 19.4. The average Bonchev–Trinajstić information content (AvgIpc) is 2.57. The predicted octanol–water partition coefficient (Wildman–Crippen LogP) is 1.93. The van der Waals surface area contributed by atoms with E-state index in [0.29, 0.717) is 35.4 Å². The van der Waals surface area contributed by atoms with Crippen LogP contribution in [0, 0.1) is 0 Å². The van der Waals surface area contributed by atoms with Crippen LogP contribution in [0.2, 0.25) is 0 Å². The molecule has 7 nitrogen and oxygen atoms in total. The smallest absolute Gasteiger partial charge is 0.421 e. The number of amides is 1. The van der Waals surface area contributed by atoms with Crippen molar-refractivity contribution in [2.24, 2.45) is 0 Å². The number of alkyl halides is 3. The molecule has 0 aliphatic carbocycles. The molecule has 2 rings (SSSR count). The van der Waals surface area contributed by atoms with Gasteiger partial charge in [0.05, 0.1) is 18.5 Å². The number of nitrogens with zero attached hydrogens (tertiary/aromatic N) is 2. The molecule has 2 aromatic heterocycles. The summed E-state index contributed by atoms with van der Waals surface area (Å²) in [6, 6.07) is 4.76. The SMILES string of the molecule is COCCOc1ccc(NC(=O)Cn2cccc(C(F)(F)F)c2=O)cn1. The molecule has 0 aliphatic rings. The van der Waals surface area contributed by atoms with Crippen LogP contribution in [0.5, 0.6) is 5.88 Å². The zero-order valence-electron chi connectivity index (χ0n) is 13.7. The molecule has 0 radical (unpaired) electrons. The first-order valence-electron chi connectivity index (χ1n) is 7.45. The third-order valence-corrected chi connectivity index (χ3v) is 3.20. The quantitative estimate of drug-likeness (QED) is 0.752. The van der Waals surface area contributed by atoms with Gasteiger partial charge < -0.3 is 19.4 Å². The highest BCUT2D eigenvalue weighted by Gasteiger charge is 2.34. The van der Waals surface area contributed by atoms with Crippen molar-refractivity contribution in [1.82, 2.24) is 9.55 Å². The molecule has 0 aliphatic heterocycles. The van der Waals surface area contributed by atoms with E-state index >= 15 is 0 Å². The lowest BCUT2D eigenvalue weighted by atomic mass is 10.2. The van der Waals surface area contributed by atoms with E-state index < -0.39 is 29.8 Å². The molecule has 0 spiro atoms. The van der Waals surface area contributed by atoms with E-state index in [1.54, 1.807) is 0 Å².